The number of hydrogen-bond donors (Lipinski definition) is 2. The Balaban J connectivity index is 2.94. The van der Waals surface area contributed by atoms with Gasteiger partial charge in [0.1, 0.15) is 6.04 Å². The molecule has 1 rings (SSSR count). The van der Waals surface area contributed by atoms with E-state index in [1.54, 1.807) is 24.9 Å². The van der Waals surface area contributed by atoms with Crippen LogP contribution in [0.4, 0.5) is 0 Å². The summed E-state index contributed by atoms with van der Waals surface area (Å²) < 4.78 is 0. The molecule has 0 saturated carbocycles. The minimum Gasteiger partial charge on any atom is -0.355 e. The van der Waals surface area contributed by atoms with Crippen molar-refractivity contribution >= 4 is 24.1 Å². The van der Waals surface area contributed by atoms with Gasteiger partial charge < -0.3 is 20.4 Å². The molecule has 0 bridgehead atoms. The van der Waals surface area contributed by atoms with E-state index in [1.807, 2.05) is 20.8 Å². The van der Waals surface area contributed by atoms with Crippen LogP contribution in [-0.2, 0) is 19.2 Å². The lowest BCUT2D eigenvalue weighted by atomic mass is 9.99. The normalized spacial score (nSPS) is 18.2. The van der Waals surface area contributed by atoms with Gasteiger partial charge in [0, 0.05) is 25.7 Å². The second-order valence-electron chi connectivity index (χ2n) is 7.14. The van der Waals surface area contributed by atoms with Crippen LogP contribution < -0.4 is 10.6 Å². The third kappa shape index (κ3) is 6.08. The number of nitrogens with one attached hydrogen (secondary N) is 2. The van der Waals surface area contributed by atoms with Crippen LogP contribution in [0.5, 0.6) is 0 Å². The van der Waals surface area contributed by atoms with E-state index in [4.69, 9.17) is 0 Å². The van der Waals surface area contributed by atoms with Gasteiger partial charge in [-0.15, -0.1) is 0 Å². The van der Waals surface area contributed by atoms with Crippen LogP contribution in [0.25, 0.3) is 0 Å². The number of likely N-dealkylation sites (tertiary alicyclic amines) is 1. The second-order valence-corrected chi connectivity index (χ2v) is 7.14. The third-order valence-electron chi connectivity index (χ3n) is 4.79. The molecule has 1 fully saturated rings. The molecule has 0 spiro atoms. The number of carbonyl (C=O) groups excluding carboxylic acids is 4. The predicted molar refractivity (Wildman–Crippen MR) is 103 cm³/mol. The van der Waals surface area contributed by atoms with Crippen LogP contribution in [0, 0.1) is 5.92 Å². The number of rotatable bonds is 9. The highest BCUT2D eigenvalue weighted by Gasteiger charge is 2.34. The van der Waals surface area contributed by atoms with E-state index in [9.17, 15) is 19.2 Å². The lowest BCUT2D eigenvalue weighted by Gasteiger charge is -2.30. The van der Waals surface area contributed by atoms with Crippen molar-refractivity contribution in [1.82, 2.24) is 20.4 Å². The molecule has 0 aromatic carbocycles. The molecule has 27 heavy (non-hydrogen) atoms. The van der Waals surface area contributed by atoms with E-state index in [-0.39, 0.29) is 36.2 Å². The molecule has 1 heterocycles. The first-order chi connectivity index (χ1) is 12.7. The molecule has 152 valence electrons. The van der Waals surface area contributed by atoms with Crippen molar-refractivity contribution in [3.63, 3.8) is 0 Å². The molecule has 2 atom stereocenters. The van der Waals surface area contributed by atoms with E-state index >= 15 is 0 Å². The average Bonchev–Trinajstić information content (AvgIpc) is 3.12. The minimum atomic E-state index is -0.436. The first kappa shape index (κ1) is 22.7. The maximum Gasteiger partial charge on any atom is 0.249 e. The van der Waals surface area contributed by atoms with Crippen molar-refractivity contribution in [3.05, 3.63) is 11.6 Å². The molecular weight excluding hydrogens is 348 g/mol. The summed E-state index contributed by atoms with van der Waals surface area (Å²) in [7, 11) is 1.65. The number of carbonyl (C=O) groups is 4. The van der Waals surface area contributed by atoms with Crippen molar-refractivity contribution < 1.29 is 19.2 Å². The zero-order valence-electron chi connectivity index (χ0n) is 16.9. The van der Waals surface area contributed by atoms with Gasteiger partial charge in [0.05, 0.1) is 12.6 Å². The molecule has 8 heteroatoms. The van der Waals surface area contributed by atoms with Gasteiger partial charge in [-0.25, -0.2) is 0 Å². The van der Waals surface area contributed by atoms with Crippen LogP contribution in [0.2, 0.25) is 0 Å². The average molecular weight is 380 g/mol. The van der Waals surface area contributed by atoms with Gasteiger partial charge in [0.2, 0.25) is 24.1 Å². The van der Waals surface area contributed by atoms with Crippen molar-refractivity contribution in [2.24, 2.45) is 5.92 Å². The fourth-order valence-corrected chi connectivity index (χ4v) is 3.30. The van der Waals surface area contributed by atoms with E-state index < -0.39 is 6.04 Å². The lowest BCUT2D eigenvalue weighted by Crippen LogP contribution is -2.47. The monoisotopic (exact) mass is 380 g/mol. The predicted octanol–water partition coefficient (Wildman–Crippen LogP) is 0.289. The number of hydrogen-bond acceptors (Lipinski definition) is 4. The summed E-state index contributed by atoms with van der Waals surface area (Å²) in [5.41, 5.74) is 0.507. The molecule has 1 aliphatic rings. The molecule has 1 unspecified atom stereocenters. The van der Waals surface area contributed by atoms with Crippen LogP contribution in [0.3, 0.4) is 0 Å². The summed E-state index contributed by atoms with van der Waals surface area (Å²) in [6, 6.07) is -0.727. The summed E-state index contributed by atoms with van der Waals surface area (Å²) in [5, 5.41) is 5.14. The molecule has 4 amide bonds. The largest absolute Gasteiger partial charge is 0.355 e. The number of amides is 4. The Morgan fingerprint density at radius 3 is 2.52 bits per heavy atom. The Bertz CT molecular complexity index is 588. The van der Waals surface area contributed by atoms with Crippen molar-refractivity contribution in [1.29, 1.82) is 0 Å². The van der Waals surface area contributed by atoms with E-state index in [1.165, 1.54) is 4.90 Å². The summed E-state index contributed by atoms with van der Waals surface area (Å²) >= 11 is 0. The van der Waals surface area contributed by atoms with Crippen LogP contribution in [-0.4, -0.2) is 72.7 Å². The molecule has 0 radical (unpaired) electrons. The standard InChI is InChI=1S/C19H32N4O4/c1-6-21-18(26)15-8-7-9-23(15)19(27)14(4)10-16(13(2)3)22(5)17(25)11-20-12-24/h10,12-13,15-16H,6-9,11H2,1-5H3,(H,20,24)(H,21,26)/t15-,16?/m0/s1. The molecule has 0 aromatic rings. The maximum atomic E-state index is 12.9. The van der Waals surface area contributed by atoms with Crippen LogP contribution in [0.1, 0.15) is 40.5 Å². The molecule has 2 N–H and O–H groups in total. The highest BCUT2D eigenvalue weighted by atomic mass is 16.2. The topological polar surface area (TPSA) is 98.8 Å². The number of likely N-dealkylation sites (N-methyl/N-ethyl adjacent to an activating group) is 2. The molecular formula is C19H32N4O4. The fraction of sp³-hybridized carbons (Fsp3) is 0.684. The first-order valence-electron chi connectivity index (χ1n) is 9.44. The van der Waals surface area contributed by atoms with Gasteiger partial charge in [-0.05, 0) is 32.6 Å². The highest BCUT2D eigenvalue weighted by Crippen LogP contribution is 2.21. The lowest BCUT2D eigenvalue weighted by molar-refractivity contribution is -0.135. The zero-order chi connectivity index (χ0) is 20.6. The Morgan fingerprint density at radius 2 is 1.96 bits per heavy atom. The molecule has 8 nitrogen and oxygen atoms in total. The first-order valence-corrected chi connectivity index (χ1v) is 9.44. The Labute approximate surface area is 161 Å². The molecule has 0 aliphatic carbocycles. The maximum absolute atomic E-state index is 12.9. The summed E-state index contributed by atoms with van der Waals surface area (Å²) in [6.45, 7) is 8.48. The van der Waals surface area contributed by atoms with Crippen LogP contribution in [0.15, 0.2) is 11.6 Å². The van der Waals surface area contributed by atoms with Gasteiger partial charge in [-0.3, -0.25) is 19.2 Å². The Kier molecular flexibility index (Phi) is 8.97. The SMILES string of the molecule is CCNC(=O)[C@@H]1CCCN1C(=O)C(C)=CC(C(C)C)N(C)C(=O)CNC=O. The smallest absolute Gasteiger partial charge is 0.249 e. The van der Waals surface area contributed by atoms with Gasteiger partial charge in [-0.1, -0.05) is 19.9 Å². The van der Waals surface area contributed by atoms with Crippen molar-refractivity contribution in [2.75, 3.05) is 26.7 Å². The molecule has 1 saturated heterocycles. The Hall–Kier alpha value is -2.38. The summed E-state index contributed by atoms with van der Waals surface area (Å²) in [4.78, 5) is 50.8. The van der Waals surface area contributed by atoms with E-state index in [0.717, 1.165) is 6.42 Å². The summed E-state index contributed by atoms with van der Waals surface area (Å²) in [5.74, 6) is -0.459. The quantitative estimate of drug-likeness (QED) is 0.444. The van der Waals surface area contributed by atoms with E-state index in [2.05, 4.69) is 10.6 Å². The zero-order valence-corrected chi connectivity index (χ0v) is 16.9. The van der Waals surface area contributed by atoms with E-state index in [0.29, 0.717) is 31.5 Å². The van der Waals surface area contributed by atoms with Crippen molar-refractivity contribution in [2.45, 2.75) is 52.6 Å². The molecule has 0 aromatic heterocycles. The van der Waals surface area contributed by atoms with Crippen LogP contribution >= 0.6 is 0 Å². The van der Waals surface area contributed by atoms with Crippen molar-refractivity contribution in [3.8, 4) is 0 Å². The van der Waals surface area contributed by atoms with Gasteiger partial charge in [-0.2, -0.15) is 0 Å². The fourth-order valence-electron chi connectivity index (χ4n) is 3.30. The molecule has 1 aliphatic heterocycles. The minimum absolute atomic E-state index is 0.0793. The number of nitrogens with zero attached hydrogens (tertiary/aromatic N) is 2. The Morgan fingerprint density at radius 1 is 1.30 bits per heavy atom. The highest BCUT2D eigenvalue weighted by molar-refractivity contribution is 5.97. The summed E-state index contributed by atoms with van der Waals surface area (Å²) in [6.07, 6.45) is 3.72. The third-order valence-corrected chi connectivity index (χ3v) is 4.79. The second kappa shape index (κ2) is 10.7. The van der Waals surface area contributed by atoms with Gasteiger partial charge in [0.15, 0.2) is 0 Å². The van der Waals surface area contributed by atoms with Gasteiger partial charge in [0.25, 0.3) is 0 Å². The van der Waals surface area contributed by atoms with Gasteiger partial charge >= 0.3 is 0 Å².